The second kappa shape index (κ2) is 5.77. The number of amides is 1. The molecule has 1 aliphatic carbocycles. The lowest BCUT2D eigenvalue weighted by Crippen LogP contribution is -2.32. The molecule has 2 heteroatoms. The lowest BCUT2D eigenvalue weighted by atomic mass is 9.96. The molecule has 0 aromatic heterocycles. The van der Waals surface area contributed by atoms with Crippen molar-refractivity contribution in [3.63, 3.8) is 0 Å². The summed E-state index contributed by atoms with van der Waals surface area (Å²) in [6.07, 6.45) is 4.53. The van der Waals surface area contributed by atoms with E-state index >= 15 is 0 Å². The van der Waals surface area contributed by atoms with Crippen LogP contribution in [-0.4, -0.2) is 5.91 Å². The van der Waals surface area contributed by atoms with Crippen LogP contribution in [0.2, 0.25) is 0 Å². The van der Waals surface area contributed by atoms with Crippen LogP contribution in [0.5, 0.6) is 0 Å². The molecule has 1 aromatic rings. The lowest BCUT2D eigenvalue weighted by molar-refractivity contribution is -0.125. The summed E-state index contributed by atoms with van der Waals surface area (Å²) in [4.78, 5) is 12.2. The molecule has 2 rings (SSSR count). The Morgan fingerprint density at radius 3 is 2.32 bits per heavy atom. The molecule has 104 valence electrons. The molecule has 1 saturated carbocycles. The fraction of sp³-hybridized carbons (Fsp3) is 0.588. The average Bonchev–Trinajstić information content (AvgIpc) is 2.87. The molecule has 0 spiro atoms. The van der Waals surface area contributed by atoms with Crippen molar-refractivity contribution in [1.29, 1.82) is 0 Å². The van der Waals surface area contributed by atoms with Crippen LogP contribution in [0.4, 0.5) is 0 Å². The highest BCUT2D eigenvalue weighted by atomic mass is 16.1. The largest absolute Gasteiger partial charge is 0.349 e. The Kier molecular flexibility index (Phi) is 4.28. The Morgan fingerprint density at radius 1 is 1.11 bits per heavy atom. The first-order chi connectivity index (χ1) is 8.99. The number of rotatable bonds is 3. The number of hydrogen-bond acceptors (Lipinski definition) is 1. The van der Waals surface area contributed by atoms with E-state index in [9.17, 15) is 4.79 Å². The third-order valence-corrected chi connectivity index (χ3v) is 4.43. The predicted octanol–water partition coefficient (Wildman–Crippen LogP) is 3.98. The maximum Gasteiger partial charge on any atom is 0.223 e. The molecular weight excluding hydrogens is 234 g/mol. The van der Waals surface area contributed by atoms with Gasteiger partial charge in [0.15, 0.2) is 0 Å². The SMILES string of the molecule is Cc1cc(C)c([C@@H](C)NC(=O)C2CCCC2)cc1C. The molecule has 1 amide bonds. The molecule has 0 unspecified atom stereocenters. The molecule has 1 atom stereocenters. The molecular formula is C17H25NO. The van der Waals surface area contributed by atoms with Gasteiger partial charge in [-0.05, 0) is 62.8 Å². The number of nitrogens with one attached hydrogen (secondary N) is 1. The van der Waals surface area contributed by atoms with E-state index in [4.69, 9.17) is 0 Å². The van der Waals surface area contributed by atoms with Gasteiger partial charge >= 0.3 is 0 Å². The molecule has 1 aliphatic rings. The Hall–Kier alpha value is -1.31. The number of carbonyl (C=O) groups is 1. The van der Waals surface area contributed by atoms with E-state index in [0.717, 1.165) is 12.8 Å². The van der Waals surface area contributed by atoms with Crippen molar-refractivity contribution in [1.82, 2.24) is 5.32 Å². The zero-order valence-corrected chi connectivity index (χ0v) is 12.5. The molecule has 0 bridgehead atoms. The minimum absolute atomic E-state index is 0.104. The Labute approximate surface area is 116 Å². The van der Waals surface area contributed by atoms with E-state index in [0.29, 0.717) is 0 Å². The first kappa shape index (κ1) is 14.1. The highest BCUT2D eigenvalue weighted by Crippen LogP contribution is 2.27. The zero-order chi connectivity index (χ0) is 14.0. The van der Waals surface area contributed by atoms with Crippen molar-refractivity contribution in [2.24, 2.45) is 5.92 Å². The molecule has 19 heavy (non-hydrogen) atoms. The van der Waals surface area contributed by atoms with Gasteiger partial charge in [-0.3, -0.25) is 4.79 Å². The van der Waals surface area contributed by atoms with Crippen LogP contribution in [0, 0.1) is 26.7 Å². The van der Waals surface area contributed by atoms with Gasteiger partial charge in [0.05, 0.1) is 6.04 Å². The standard InChI is InChI=1S/C17H25NO/c1-11-9-13(3)16(10-12(11)2)14(4)18-17(19)15-7-5-6-8-15/h9-10,14-15H,5-8H2,1-4H3,(H,18,19)/t14-/m1/s1. The summed E-state index contributed by atoms with van der Waals surface area (Å²) in [6.45, 7) is 8.47. The van der Waals surface area contributed by atoms with Gasteiger partial charge in [0.25, 0.3) is 0 Å². The summed E-state index contributed by atoms with van der Waals surface area (Å²) in [5, 5.41) is 3.19. The van der Waals surface area contributed by atoms with Gasteiger partial charge in [-0.25, -0.2) is 0 Å². The highest BCUT2D eigenvalue weighted by molar-refractivity contribution is 5.79. The fourth-order valence-corrected chi connectivity index (χ4v) is 3.05. The van der Waals surface area contributed by atoms with Crippen LogP contribution in [0.3, 0.4) is 0 Å². The Bertz CT molecular complexity index is 472. The van der Waals surface area contributed by atoms with E-state index in [1.54, 1.807) is 0 Å². The van der Waals surface area contributed by atoms with Gasteiger partial charge in [-0.1, -0.05) is 25.0 Å². The van der Waals surface area contributed by atoms with Crippen LogP contribution in [0.1, 0.15) is 60.9 Å². The van der Waals surface area contributed by atoms with Crippen molar-refractivity contribution in [2.45, 2.75) is 59.4 Å². The first-order valence-electron chi connectivity index (χ1n) is 7.37. The van der Waals surface area contributed by atoms with Gasteiger partial charge in [-0.2, -0.15) is 0 Å². The number of carbonyl (C=O) groups excluding carboxylic acids is 1. The van der Waals surface area contributed by atoms with Crippen molar-refractivity contribution in [2.75, 3.05) is 0 Å². The highest BCUT2D eigenvalue weighted by Gasteiger charge is 2.24. The molecule has 1 N–H and O–H groups in total. The normalized spacial score (nSPS) is 17.5. The number of hydrogen-bond donors (Lipinski definition) is 1. The number of benzene rings is 1. The minimum Gasteiger partial charge on any atom is -0.349 e. The van der Waals surface area contributed by atoms with Crippen molar-refractivity contribution in [3.05, 3.63) is 34.4 Å². The Balaban J connectivity index is 2.09. The number of aryl methyl sites for hydroxylation is 3. The van der Waals surface area contributed by atoms with Crippen molar-refractivity contribution in [3.8, 4) is 0 Å². The van der Waals surface area contributed by atoms with Gasteiger partial charge in [-0.15, -0.1) is 0 Å². The predicted molar refractivity (Wildman–Crippen MR) is 79.2 cm³/mol. The third-order valence-electron chi connectivity index (χ3n) is 4.43. The molecule has 1 fully saturated rings. The smallest absolute Gasteiger partial charge is 0.223 e. The fourth-order valence-electron chi connectivity index (χ4n) is 3.05. The summed E-state index contributed by atoms with van der Waals surface area (Å²) in [5.41, 5.74) is 5.12. The average molecular weight is 259 g/mol. The van der Waals surface area contributed by atoms with E-state index in [1.165, 1.54) is 35.1 Å². The second-order valence-electron chi connectivity index (χ2n) is 6.00. The summed E-state index contributed by atoms with van der Waals surface area (Å²) in [5.74, 6) is 0.483. The van der Waals surface area contributed by atoms with Crippen LogP contribution < -0.4 is 5.32 Å². The topological polar surface area (TPSA) is 29.1 Å². The van der Waals surface area contributed by atoms with Crippen molar-refractivity contribution >= 4 is 5.91 Å². The van der Waals surface area contributed by atoms with E-state index in [2.05, 4.69) is 45.1 Å². The van der Waals surface area contributed by atoms with Gasteiger partial charge in [0.1, 0.15) is 0 Å². The molecule has 0 radical (unpaired) electrons. The van der Waals surface area contributed by atoms with E-state index in [-0.39, 0.29) is 17.9 Å². The van der Waals surface area contributed by atoms with Crippen LogP contribution in [0.15, 0.2) is 12.1 Å². The third kappa shape index (κ3) is 3.17. The lowest BCUT2D eigenvalue weighted by Gasteiger charge is -2.20. The zero-order valence-electron chi connectivity index (χ0n) is 12.5. The van der Waals surface area contributed by atoms with E-state index in [1.807, 2.05) is 0 Å². The Morgan fingerprint density at radius 2 is 1.68 bits per heavy atom. The quantitative estimate of drug-likeness (QED) is 0.874. The second-order valence-corrected chi connectivity index (χ2v) is 6.00. The maximum atomic E-state index is 12.2. The van der Waals surface area contributed by atoms with Gasteiger partial charge in [0, 0.05) is 5.92 Å². The van der Waals surface area contributed by atoms with Gasteiger partial charge < -0.3 is 5.32 Å². The minimum atomic E-state index is 0.104. The molecule has 2 nitrogen and oxygen atoms in total. The summed E-state index contributed by atoms with van der Waals surface area (Å²) >= 11 is 0. The van der Waals surface area contributed by atoms with E-state index < -0.39 is 0 Å². The van der Waals surface area contributed by atoms with Crippen molar-refractivity contribution < 1.29 is 4.79 Å². The van der Waals surface area contributed by atoms with Gasteiger partial charge in [0.2, 0.25) is 5.91 Å². The molecule has 0 aliphatic heterocycles. The maximum absolute atomic E-state index is 12.2. The first-order valence-corrected chi connectivity index (χ1v) is 7.37. The summed E-state index contributed by atoms with van der Waals surface area (Å²) in [7, 11) is 0. The molecule has 0 saturated heterocycles. The van der Waals surface area contributed by atoms with Crippen LogP contribution in [0.25, 0.3) is 0 Å². The molecule has 1 aromatic carbocycles. The summed E-state index contributed by atoms with van der Waals surface area (Å²) < 4.78 is 0. The van der Waals surface area contributed by atoms with Crippen LogP contribution >= 0.6 is 0 Å². The summed E-state index contributed by atoms with van der Waals surface area (Å²) in [6, 6.07) is 4.53. The molecule has 0 heterocycles. The monoisotopic (exact) mass is 259 g/mol. The van der Waals surface area contributed by atoms with Crippen LogP contribution in [-0.2, 0) is 4.79 Å².